The smallest absolute Gasteiger partial charge is 0.0271 e. The van der Waals surface area contributed by atoms with Crippen LogP contribution in [-0.4, -0.2) is 31.1 Å². The number of rotatable bonds is 6. The average Bonchev–Trinajstić information content (AvgIpc) is 2.29. The van der Waals surface area contributed by atoms with Crippen LogP contribution in [0.3, 0.4) is 0 Å². The summed E-state index contributed by atoms with van der Waals surface area (Å²) in [7, 11) is 4.25. The summed E-state index contributed by atoms with van der Waals surface area (Å²) in [5.41, 5.74) is 3.06. The van der Waals surface area contributed by atoms with Gasteiger partial charge in [-0.1, -0.05) is 31.2 Å². The zero-order valence-corrected chi connectivity index (χ0v) is 11.9. The van der Waals surface area contributed by atoms with Gasteiger partial charge in [-0.2, -0.15) is 0 Å². The van der Waals surface area contributed by atoms with Crippen molar-refractivity contribution in [3.8, 4) is 0 Å². The maximum atomic E-state index is 3.56. The largest absolute Gasteiger partial charge is 0.311 e. The lowest BCUT2D eigenvalue weighted by Crippen LogP contribution is -2.46. The van der Waals surface area contributed by atoms with E-state index in [0.717, 1.165) is 19.5 Å². The van der Waals surface area contributed by atoms with Crippen molar-refractivity contribution in [2.24, 2.45) is 0 Å². The number of aryl methyl sites for hydroxylation is 1. The molecule has 0 heterocycles. The number of hydrogen-bond donors (Lipinski definition) is 1. The van der Waals surface area contributed by atoms with Crippen molar-refractivity contribution in [1.82, 2.24) is 10.2 Å². The molecule has 1 aromatic carbocycles. The Morgan fingerprint density at radius 1 is 1.12 bits per heavy atom. The Morgan fingerprint density at radius 3 is 2.24 bits per heavy atom. The first-order valence-corrected chi connectivity index (χ1v) is 6.42. The number of benzene rings is 1. The minimum Gasteiger partial charge on any atom is -0.311 e. The van der Waals surface area contributed by atoms with Gasteiger partial charge in [0.1, 0.15) is 0 Å². The average molecular weight is 234 g/mol. The summed E-state index contributed by atoms with van der Waals surface area (Å²) >= 11 is 0. The standard InChI is InChI=1S/C15H26N2/c1-6-13-9-7-8-10-14(13)11-16-12-15(2,3)17(4)5/h7-10,16H,6,11-12H2,1-5H3. The van der Waals surface area contributed by atoms with E-state index in [1.807, 2.05) is 0 Å². The van der Waals surface area contributed by atoms with Crippen LogP contribution in [0, 0.1) is 0 Å². The summed E-state index contributed by atoms with van der Waals surface area (Å²) < 4.78 is 0. The van der Waals surface area contributed by atoms with Crippen LogP contribution in [-0.2, 0) is 13.0 Å². The molecule has 0 amide bonds. The summed E-state index contributed by atoms with van der Waals surface area (Å²) in [6.45, 7) is 8.68. The van der Waals surface area contributed by atoms with Crippen LogP contribution in [0.1, 0.15) is 31.9 Å². The molecule has 0 aliphatic carbocycles. The Bertz CT molecular complexity index is 343. The second kappa shape index (κ2) is 6.18. The highest BCUT2D eigenvalue weighted by Crippen LogP contribution is 2.11. The topological polar surface area (TPSA) is 15.3 Å². The zero-order valence-electron chi connectivity index (χ0n) is 11.9. The highest BCUT2D eigenvalue weighted by atomic mass is 15.2. The lowest BCUT2D eigenvalue weighted by molar-refractivity contribution is 0.189. The molecule has 1 N–H and O–H groups in total. The Hall–Kier alpha value is -0.860. The molecule has 0 fully saturated rings. The van der Waals surface area contributed by atoms with Crippen molar-refractivity contribution >= 4 is 0 Å². The molecule has 2 heteroatoms. The Balaban J connectivity index is 2.51. The first kappa shape index (κ1) is 14.2. The summed E-state index contributed by atoms with van der Waals surface area (Å²) in [6.07, 6.45) is 1.11. The predicted octanol–water partition coefficient (Wildman–Crippen LogP) is 2.68. The van der Waals surface area contributed by atoms with Gasteiger partial charge in [-0.05, 0) is 45.5 Å². The van der Waals surface area contributed by atoms with Gasteiger partial charge in [-0.25, -0.2) is 0 Å². The van der Waals surface area contributed by atoms with Gasteiger partial charge in [0.2, 0.25) is 0 Å². The predicted molar refractivity (Wildman–Crippen MR) is 75.3 cm³/mol. The van der Waals surface area contributed by atoms with E-state index in [4.69, 9.17) is 0 Å². The van der Waals surface area contributed by atoms with Crippen LogP contribution in [0.25, 0.3) is 0 Å². The van der Waals surface area contributed by atoms with Gasteiger partial charge in [0.05, 0.1) is 0 Å². The molecule has 0 aliphatic heterocycles. The van der Waals surface area contributed by atoms with Crippen LogP contribution < -0.4 is 5.32 Å². The third-order valence-electron chi connectivity index (χ3n) is 3.58. The van der Waals surface area contributed by atoms with Gasteiger partial charge in [0.25, 0.3) is 0 Å². The summed E-state index contributed by atoms with van der Waals surface area (Å²) in [5, 5.41) is 3.56. The SMILES string of the molecule is CCc1ccccc1CNCC(C)(C)N(C)C. The third kappa shape index (κ3) is 4.14. The van der Waals surface area contributed by atoms with E-state index < -0.39 is 0 Å². The quantitative estimate of drug-likeness (QED) is 0.814. The van der Waals surface area contributed by atoms with Crippen molar-refractivity contribution in [3.05, 3.63) is 35.4 Å². The summed E-state index contributed by atoms with van der Waals surface area (Å²) in [4.78, 5) is 2.26. The molecule has 2 nitrogen and oxygen atoms in total. The van der Waals surface area contributed by atoms with Crippen molar-refractivity contribution in [2.75, 3.05) is 20.6 Å². The normalized spacial score (nSPS) is 12.1. The van der Waals surface area contributed by atoms with Gasteiger partial charge in [0, 0.05) is 18.6 Å². The van der Waals surface area contributed by atoms with E-state index in [0.29, 0.717) is 0 Å². The molecular weight excluding hydrogens is 208 g/mol. The highest BCUT2D eigenvalue weighted by molar-refractivity contribution is 5.26. The van der Waals surface area contributed by atoms with Crippen LogP contribution in [0.2, 0.25) is 0 Å². The molecule has 0 spiro atoms. The minimum absolute atomic E-state index is 0.196. The molecule has 0 aliphatic rings. The molecule has 0 unspecified atom stereocenters. The number of nitrogens with zero attached hydrogens (tertiary/aromatic N) is 1. The number of nitrogens with one attached hydrogen (secondary N) is 1. The summed E-state index contributed by atoms with van der Waals surface area (Å²) in [6, 6.07) is 8.67. The molecule has 0 saturated carbocycles. The van der Waals surface area contributed by atoms with E-state index in [1.165, 1.54) is 11.1 Å². The molecule has 17 heavy (non-hydrogen) atoms. The summed E-state index contributed by atoms with van der Waals surface area (Å²) in [5.74, 6) is 0. The van der Waals surface area contributed by atoms with E-state index in [1.54, 1.807) is 0 Å². The molecule has 1 aromatic rings. The molecule has 0 radical (unpaired) electrons. The second-order valence-corrected chi connectivity index (χ2v) is 5.43. The maximum Gasteiger partial charge on any atom is 0.0271 e. The van der Waals surface area contributed by atoms with Crippen LogP contribution >= 0.6 is 0 Å². The van der Waals surface area contributed by atoms with E-state index in [9.17, 15) is 0 Å². The zero-order chi connectivity index (χ0) is 12.9. The molecule has 0 saturated heterocycles. The fourth-order valence-corrected chi connectivity index (χ4v) is 1.74. The van der Waals surface area contributed by atoms with E-state index in [2.05, 4.69) is 69.3 Å². The lowest BCUT2D eigenvalue weighted by atomic mass is 10.0. The Labute approximate surface area is 106 Å². The van der Waals surface area contributed by atoms with Crippen molar-refractivity contribution in [2.45, 2.75) is 39.3 Å². The first-order chi connectivity index (χ1) is 7.97. The third-order valence-corrected chi connectivity index (χ3v) is 3.58. The molecule has 0 aromatic heterocycles. The van der Waals surface area contributed by atoms with E-state index in [-0.39, 0.29) is 5.54 Å². The molecular formula is C15H26N2. The van der Waals surface area contributed by atoms with Crippen LogP contribution in [0.5, 0.6) is 0 Å². The highest BCUT2D eigenvalue weighted by Gasteiger charge is 2.19. The Kier molecular flexibility index (Phi) is 5.16. The first-order valence-electron chi connectivity index (χ1n) is 6.42. The van der Waals surface area contributed by atoms with Crippen LogP contribution in [0.15, 0.2) is 24.3 Å². The maximum absolute atomic E-state index is 3.56. The van der Waals surface area contributed by atoms with Crippen molar-refractivity contribution < 1.29 is 0 Å². The Morgan fingerprint density at radius 2 is 1.71 bits per heavy atom. The molecule has 0 bridgehead atoms. The minimum atomic E-state index is 0.196. The number of hydrogen-bond acceptors (Lipinski definition) is 2. The lowest BCUT2D eigenvalue weighted by Gasteiger charge is -2.32. The van der Waals surface area contributed by atoms with Crippen molar-refractivity contribution in [3.63, 3.8) is 0 Å². The second-order valence-electron chi connectivity index (χ2n) is 5.43. The van der Waals surface area contributed by atoms with Gasteiger partial charge >= 0.3 is 0 Å². The van der Waals surface area contributed by atoms with Crippen molar-refractivity contribution in [1.29, 1.82) is 0 Å². The van der Waals surface area contributed by atoms with Gasteiger partial charge in [-0.3, -0.25) is 0 Å². The van der Waals surface area contributed by atoms with Gasteiger partial charge < -0.3 is 10.2 Å². The molecule has 96 valence electrons. The van der Waals surface area contributed by atoms with Gasteiger partial charge in [0.15, 0.2) is 0 Å². The fourth-order valence-electron chi connectivity index (χ4n) is 1.74. The fraction of sp³-hybridized carbons (Fsp3) is 0.600. The van der Waals surface area contributed by atoms with Gasteiger partial charge in [-0.15, -0.1) is 0 Å². The molecule has 0 atom stereocenters. The molecule has 1 rings (SSSR count). The van der Waals surface area contributed by atoms with Crippen LogP contribution in [0.4, 0.5) is 0 Å². The number of likely N-dealkylation sites (N-methyl/N-ethyl adjacent to an activating group) is 1. The monoisotopic (exact) mass is 234 g/mol. The van der Waals surface area contributed by atoms with E-state index >= 15 is 0 Å².